The summed E-state index contributed by atoms with van der Waals surface area (Å²) in [7, 11) is -4.20. The van der Waals surface area contributed by atoms with Gasteiger partial charge in [0.2, 0.25) is 0 Å². The highest BCUT2D eigenvalue weighted by molar-refractivity contribution is 7.92. The van der Waals surface area contributed by atoms with Crippen molar-refractivity contribution < 1.29 is 26.4 Å². The number of amides is 1. The van der Waals surface area contributed by atoms with Gasteiger partial charge in [0.05, 0.1) is 10.5 Å². The summed E-state index contributed by atoms with van der Waals surface area (Å²) in [5.74, 6) is -0.477. The third kappa shape index (κ3) is 5.38. The Bertz CT molecular complexity index is 1150. The van der Waals surface area contributed by atoms with E-state index in [0.29, 0.717) is 6.07 Å². The van der Waals surface area contributed by atoms with Crippen LogP contribution in [0.25, 0.3) is 0 Å². The molecule has 3 aromatic carbocycles. The minimum atomic E-state index is -4.60. The molecule has 3 rings (SSSR count). The zero-order valence-corrected chi connectivity index (χ0v) is 16.3. The van der Waals surface area contributed by atoms with Crippen LogP contribution in [0.15, 0.2) is 83.8 Å². The quantitative estimate of drug-likeness (QED) is 0.603. The monoisotopic (exact) mass is 434 g/mol. The lowest BCUT2D eigenvalue weighted by Crippen LogP contribution is -2.23. The summed E-state index contributed by atoms with van der Waals surface area (Å²) in [6.07, 6.45) is -4.60. The standard InChI is InChI=1S/C21H17F3N2O3S/c22-21(23,24)17-9-5-10-18(13-17)26-30(28,29)19-11-4-8-16(12-19)20(27)25-14-15-6-2-1-3-7-15/h1-13,26H,14H2,(H,25,27). The highest BCUT2D eigenvalue weighted by atomic mass is 32.2. The van der Waals surface area contributed by atoms with Crippen molar-refractivity contribution in [2.24, 2.45) is 0 Å². The highest BCUT2D eigenvalue weighted by Crippen LogP contribution is 2.31. The second-order valence-corrected chi connectivity index (χ2v) is 8.06. The van der Waals surface area contributed by atoms with Crippen LogP contribution in [-0.2, 0) is 22.7 Å². The first kappa shape index (κ1) is 21.4. The number of sulfonamides is 1. The van der Waals surface area contributed by atoms with Crippen LogP contribution in [-0.4, -0.2) is 14.3 Å². The van der Waals surface area contributed by atoms with Crippen LogP contribution in [0.1, 0.15) is 21.5 Å². The van der Waals surface area contributed by atoms with Gasteiger partial charge in [-0.15, -0.1) is 0 Å². The summed E-state index contributed by atoms with van der Waals surface area (Å²) in [5, 5.41) is 2.69. The summed E-state index contributed by atoms with van der Waals surface area (Å²) in [6.45, 7) is 0.263. The molecule has 0 aliphatic carbocycles. The SMILES string of the molecule is O=C(NCc1ccccc1)c1cccc(S(=O)(=O)Nc2cccc(C(F)(F)F)c2)c1. The Balaban J connectivity index is 1.76. The maximum atomic E-state index is 12.8. The average molecular weight is 434 g/mol. The number of rotatable bonds is 6. The molecule has 0 bridgehead atoms. The van der Waals surface area contributed by atoms with E-state index in [2.05, 4.69) is 10.0 Å². The van der Waals surface area contributed by atoms with Crippen LogP contribution in [0.4, 0.5) is 18.9 Å². The minimum absolute atomic E-state index is 0.109. The van der Waals surface area contributed by atoms with Gasteiger partial charge in [0, 0.05) is 17.8 Å². The largest absolute Gasteiger partial charge is 0.416 e. The summed E-state index contributed by atoms with van der Waals surface area (Å²) >= 11 is 0. The van der Waals surface area contributed by atoms with E-state index in [-0.39, 0.29) is 22.7 Å². The molecule has 3 aromatic rings. The molecule has 2 N–H and O–H groups in total. The molecule has 0 fully saturated rings. The molecule has 0 aromatic heterocycles. The maximum Gasteiger partial charge on any atom is 0.416 e. The van der Waals surface area contributed by atoms with E-state index in [1.807, 2.05) is 30.3 Å². The predicted molar refractivity (Wildman–Crippen MR) is 106 cm³/mol. The number of nitrogens with one attached hydrogen (secondary N) is 2. The lowest BCUT2D eigenvalue weighted by molar-refractivity contribution is -0.137. The molecule has 9 heteroatoms. The molecule has 0 heterocycles. The first-order chi connectivity index (χ1) is 14.1. The van der Waals surface area contributed by atoms with Crippen molar-refractivity contribution in [3.05, 3.63) is 95.6 Å². The highest BCUT2D eigenvalue weighted by Gasteiger charge is 2.30. The van der Waals surface area contributed by atoms with Gasteiger partial charge in [-0.1, -0.05) is 42.5 Å². The maximum absolute atomic E-state index is 12.8. The lowest BCUT2D eigenvalue weighted by atomic mass is 10.2. The number of carbonyl (C=O) groups is 1. The molecule has 0 saturated carbocycles. The van der Waals surface area contributed by atoms with Gasteiger partial charge in [0.15, 0.2) is 0 Å². The van der Waals surface area contributed by atoms with Crippen molar-refractivity contribution in [2.45, 2.75) is 17.6 Å². The van der Waals surface area contributed by atoms with Gasteiger partial charge in [-0.05, 0) is 42.0 Å². The number of hydrogen-bond donors (Lipinski definition) is 2. The van der Waals surface area contributed by atoms with E-state index < -0.39 is 27.7 Å². The smallest absolute Gasteiger partial charge is 0.348 e. The fourth-order valence-corrected chi connectivity index (χ4v) is 3.75. The molecular weight excluding hydrogens is 417 g/mol. The van der Waals surface area contributed by atoms with Crippen molar-refractivity contribution in [2.75, 3.05) is 4.72 Å². The number of anilines is 1. The van der Waals surface area contributed by atoms with Crippen molar-refractivity contribution in [1.82, 2.24) is 5.32 Å². The first-order valence-corrected chi connectivity index (χ1v) is 10.3. The van der Waals surface area contributed by atoms with Gasteiger partial charge in [0.25, 0.3) is 15.9 Å². The van der Waals surface area contributed by atoms with Crippen LogP contribution in [0, 0.1) is 0 Å². The Morgan fingerprint density at radius 3 is 2.27 bits per heavy atom. The van der Waals surface area contributed by atoms with Crippen LogP contribution >= 0.6 is 0 Å². The Labute approximate surface area is 171 Å². The van der Waals surface area contributed by atoms with E-state index in [4.69, 9.17) is 0 Å². The molecule has 0 radical (unpaired) electrons. The lowest BCUT2D eigenvalue weighted by Gasteiger charge is -2.12. The number of hydrogen-bond acceptors (Lipinski definition) is 3. The van der Waals surface area contributed by atoms with Gasteiger partial charge in [-0.25, -0.2) is 8.42 Å². The Morgan fingerprint density at radius 2 is 1.57 bits per heavy atom. The van der Waals surface area contributed by atoms with Crippen molar-refractivity contribution in [3.63, 3.8) is 0 Å². The number of halogens is 3. The Morgan fingerprint density at radius 1 is 0.867 bits per heavy atom. The molecule has 156 valence electrons. The number of alkyl halides is 3. The number of benzene rings is 3. The van der Waals surface area contributed by atoms with Crippen molar-refractivity contribution >= 4 is 21.6 Å². The molecule has 0 aliphatic rings. The van der Waals surface area contributed by atoms with E-state index >= 15 is 0 Å². The topological polar surface area (TPSA) is 75.3 Å². The molecule has 0 atom stereocenters. The Kier molecular flexibility index (Phi) is 6.12. The summed E-state index contributed by atoms with van der Waals surface area (Å²) < 4.78 is 65.8. The van der Waals surface area contributed by atoms with E-state index in [9.17, 15) is 26.4 Å². The minimum Gasteiger partial charge on any atom is -0.348 e. The molecule has 5 nitrogen and oxygen atoms in total. The summed E-state index contributed by atoms with van der Waals surface area (Å²) in [5.41, 5.74) is -0.223. The third-order valence-electron chi connectivity index (χ3n) is 4.14. The molecule has 30 heavy (non-hydrogen) atoms. The van der Waals surface area contributed by atoms with E-state index in [0.717, 1.165) is 23.8 Å². The van der Waals surface area contributed by atoms with Gasteiger partial charge >= 0.3 is 6.18 Å². The fraction of sp³-hybridized carbons (Fsp3) is 0.0952. The summed E-state index contributed by atoms with van der Waals surface area (Å²) in [4.78, 5) is 12.1. The van der Waals surface area contributed by atoms with Crippen molar-refractivity contribution in [3.8, 4) is 0 Å². The Hall–Kier alpha value is -3.33. The van der Waals surface area contributed by atoms with Gasteiger partial charge < -0.3 is 5.32 Å². The van der Waals surface area contributed by atoms with Crippen LogP contribution < -0.4 is 10.0 Å². The summed E-state index contributed by atoms with van der Waals surface area (Å²) in [6, 6.07) is 18.3. The van der Waals surface area contributed by atoms with Gasteiger partial charge in [0.1, 0.15) is 0 Å². The second kappa shape index (κ2) is 8.58. The van der Waals surface area contributed by atoms with Crippen LogP contribution in [0.5, 0.6) is 0 Å². The number of carbonyl (C=O) groups excluding carboxylic acids is 1. The molecule has 1 amide bonds. The molecule has 0 unspecified atom stereocenters. The zero-order valence-electron chi connectivity index (χ0n) is 15.5. The first-order valence-electron chi connectivity index (χ1n) is 8.77. The normalized spacial score (nSPS) is 11.7. The molecule has 0 spiro atoms. The van der Waals surface area contributed by atoms with Crippen LogP contribution in [0.2, 0.25) is 0 Å². The van der Waals surface area contributed by atoms with Crippen LogP contribution in [0.3, 0.4) is 0 Å². The zero-order chi connectivity index (χ0) is 21.8. The predicted octanol–water partition coefficient (Wildman–Crippen LogP) is 4.44. The molecule has 0 aliphatic heterocycles. The van der Waals surface area contributed by atoms with Gasteiger partial charge in [-0.2, -0.15) is 13.2 Å². The average Bonchev–Trinajstić information content (AvgIpc) is 2.72. The molecule has 0 saturated heterocycles. The van der Waals surface area contributed by atoms with E-state index in [1.165, 1.54) is 24.3 Å². The fourth-order valence-electron chi connectivity index (χ4n) is 2.66. The van der Waals surface area contributed by atoms with Crippen molar-refractivity contribution in [1.29, 1.82) is 0 Å². The van der Waals surface area contributed by atoms with Gasteiger partial charge in [-0.3, -0.25) is 9.52 Å². The second-order valence-electron chi connectivity index (χ2n) is 6.38. The third-order valence-corrected chi connectivity index (χ3v) is 5.52. The molecular formula is C21H17F3N2O3S. The van der Waals surface area contributed by atoms with E-state index in [1.54, 1.807) is 0 Å².